The highest BCUT2D eigenvalue weighted by Gasteiger charge is 2.65. The zero-order valence-corrected chi connectivity index (χ0v) is 10.6. The Bertz CT molecular complexity index is 244. The molecule has 3 nitrogen and oxygen atoms in total. The predicted octanol–water partition coefficient (Wildman–Crippen LogP) is 1.52. The molecule has 0 spiro atoms. The maximum atomic E-state index is 11.7. The Labute approximate surface area is 92.8 Å². The molecule has 3 heteroatoms. The zero-order chi connectivity index (χ0) is 11.9. The highest BCUT2D eigenvalue weighted by atomic mass is 16.1. The number of nitrogens with one attached hydrogen (secondary N) is 1. The van der Waals surface area contributed by atoms with E-state index in [1.807, 2.05) is 6.92 Å². The minimum absolute atomic E-state index is 0.136. The van der Waals surface area contributed by atoms with Crippen molar-refractivity contribution in [2.24, 2.45) is 22.5 Å². The molecule has 0 aliphatic heterocycles. The SMILES string of the molecule is CC(CN)CC(=O)NC1C(C)(C)C1(C)C. The Balaban J connectivity index is 2.42. The average molecular weight is 212 g/mol. The molecule has 0 aromatic carbocycles. The quantitative estimate of drug-likeness (QED) is 0.742. The van der Waals surface area contributed by atoms with Gasteiger partial charge in [-0.05, 0) is 23.3 Å². The van der Waals surface area contributed by atoms with Gasteiger partial charge in [0.15, 0.2) is 0 Å². The van der Waals surface area contributed by atoms with Crippen molar-refractivity contribution in [1.29, 1.82) is 0 Å². The van der Waals surface area contributed by atoms with Gasteiger partial charge in [0.05, 0.1) is 0 Å². The molecule has 0 radical (unpaired) electrons. The van der Waals surface area contributed by atoms with Gasteiger partial charge >= 0.3 is 0 Å². The Kier molecular flexibility index (Phi) is 3.15. The molecule has 15 heavy (non-hydrogen) atoms. The van der Waals surface area contributed by atoms with Gasteiger partial charge in [0.2, 0.25) is 5.91 Å². The van der Waals surface area contributed by atoms with Gasteiger partial charge < -0.3 is 11.1 Å². The topological polar surface area (TPSA) is 55.1 Å². The lowest BCUT2D eigenvalue weighted by Crippen LogP contribution is -2.32. The van der Waals surface area contributed by atoms with Crippen LogP contribution in [-0.4, -0.2) is 18.5 Å². The first-order chi connectivity index (χ1) is 6.73. The molecule has 1 atom stereocenters. The van der Waals surface area contributed by atoms with Crippen molar-refractivity contribution in [1.82, 2.24) is 5.32 Å². The third kappa shape index (κ3) is 2.17. The molecule has 3 N–H and O–H groups in total. The van der Waals surface area contributed by atoms with Crippen LogP contribution in [0.25, 0.3) is 0 Å². The van der Waals surface area contributed by atoms with Crippen LogP contribution in [0.5, 0.6) is 0 Å². The molecule has 0 aromatic heterocycles. The van der Waals surface area contributed by atoms with Crippen LogP contribution in [0, 0.1) is 16.7 Å². The van der Waals surface area contributed by atoms with Gasteiger partial charge in [0.25, 0.3) is 0 Å². The number of nitrogens with two attached hydrogens (primary N) is 1. The number of carbonyl (C=O) groups excluding carboxylic acids is 1. The number of hydrogen-bond donors (Lipinski definition) is 2. The fraction of sp³-hybridized carbons (Fsp3) is 0.917. The van der Waals surface area contributed by atoms with Gasteiger partial charge in [-0.25, -0.2) is 0 Å². The van der Waals surface area contributed by atoms with Crippen molar-refractivity contribution < 1.29 is 4.79 Å². The summed E-state index contributed by atoms with van der Waals surface area (Å²) in [4.78, 5) is 11.7. The van der Waals surface area contributed by atoms with E-state index in [0.717, 1.165) is 0 Å². The highest BCUT2D eigenvalue weighted by molar-refractivity contribution is 5.77. The molecule has 0 bridgehead atoms. The summed E-state index contributed by atoms with van der Waals surface area (Å²) in [5.74, 6) is 0.409. The zero-order valence-electron chi connectivity index (χ0n) is 10.6. The van der Waals surface area contributed by atoms with E-state index in [9.17, 15) is 4.79 Å². The third-order valence-electron chi connectivity index (χ3n) is 4.26. The second kappa shape index (κ2) is 3.78. The molecule has 1 rings (SSSR count). The standard InChI is InChI=1S/C12H24N2O/c1-8(7-13)6-9(15)14-10-11(2,3)12(10,4)5/h8,10H,6-7,13H2,1-5H3,(H,14,15). The van der Waals surface area contributed by atoms with Crippen LogP contribution in [0.4, 0.5) is 0 Å². The van der Waals surface area contributed by atoms with Crippen molar-refractivity contribution in [2.75, 3.05) is 6.54 Å². The van der Waals surface area contributed by atoms with Crippen LogP contribution >= 0.6 is 0 Å². The van der Waals surface area contributed by atoms with Crippen LogP contribution in [-0.2, 0) is 4.79 Å². The molecule has 1 aliphatic rings. The summed E-state index contributed by atoms with van der Waals surface area (Å²) in [6, 6.07) is 0.308. The fourth-order valence-electron chi connectivity index (χ4n) is 2.18. The van der Waals surface area contributed by atoms with E-state index in [-0.39, 0.29) is 22.7 Å². The molecule has 1 unspecified atom stereocenters. The van der Waals surface area contributed by atoms with E-state index in [1.165, 1.54) is 0 Å². The first kappa shape index (κ1) is 12.5. The molecule has 88 valence electrons. The Morgan fingerprint density at radius 1 is 1.33 bits per heavy atom. The number of rotatable bonds is 4. The summed E-state index contributed by atoms with van der Waals surface area (Å²) in [6.45, 7) is 11.4. The summed E-state index contributed by atoms with van der Waals surface area (Å²) in [5, 5.41) is 3.11. The molecule has 1 amide bonds. The molecule has 0 aromatic rings. The molecular weight excluding hydrogens is 188 g/mol. The summed E-state index contributed by atoms with van der Waals surface area (Å²) in [6.07, 6.45) is 0.541. The third-order valence-corrected chi connectivity index (χ3v) is 4.26. The van der Waals surface area contributed by atoms with Crippen molar-refractivity contribution in [3.05, 3.63) is 0 Å². The van der Waals surface area contributed by atoms with Gasteiger partial charge in [0, 0.05) is 12.5 Å². The minimum atomic E-state index is 0.136. The number of carbonyl (C=O) groups is 1. The van der Waals surface area contributed by atoms with Crippen LogP contribution in [0.2, 0.25) is 0 Å². The smallest absolute Gasteiger partial charge is 0.220 e. The molecule has 1 saturated carbocycles. The lowest BCUT2D eigenvalue weighted by molar-refractivity contribution is -0.122. The first-order valence-electron chi connectivity index (χ1n) is 5.73. The van der Waals surface area contributed by atoms with Crippen LogP contribution in [0.3, 0.4) is 0 Å². The van der Waals surface area contributed by atoms with Crippen molar-refractivity contribution in [3.8, 4) is 0 Å². The van der Waals surface area contributed by atoms with E-state index in [1.54, 1.807) is 0 Å². The molecule has 0 saturated heterocycles. The molecular formula is C12H24N2O. The largest absolute Gasteiger partial charge is 0.352 e. The first-order valence-corrected chi connectivity index (χ1v) is 5.73. The Morgan fingerprint density at radius 3 is 2.13 bits per heavy atom. The molecule has 1 aliphatic carbocycles. The lowest BCUT2D eigenvalue weighted by atomic mass is 10.0. The second-order valence-corrected chi connectivity index (χ2v) is 5.99. The summed E-state index contributed by atoms with van der Waals surface area (Å²) in [5.41, 5.74) is 5.93. The van der Waals surface area contributed by atoms with Gasteiger partial charge in [-0.1, -0.05) is 34.6 Å². The van der Waals surface area contributed by atoms with Gasteiger partial charge in [0.1, 0.15) is 0 Å². The van der Waals surface area contributed by atoms with Crippen LogP contribution in [0.1, 0.15) is 41.0 Å². The summed E-state index contributed by atoms with van der Waals surface area (Å²) >= 11 is 0. The highest BCUT2D eigenvalue weighted by Crippen LogP contribution is 2.62. The minimum Gasteiger partial charge on any atom is -0.352 e. The monoisotopic (exact) mass is 212 g/mol. The van der Waals surface area contributed by atoms with Crippen molar-refractivity contribution >= 4 is 5.91 Å². The van der Waals surface area contributed by atoms with Crippen molar-refractivity contribution in [3.63, 3.8) is 0 Å². The predicted molar refractivity (Wildman–Crippen MR) is 62.3 cm³/mol. The second-order valence-electron chi connectivity index (χ2n) is 5.99. The van der Waals surface area contributed by atoms with E-state index >= 15 is 0 Å². The molecule has 0 heterocycles. The van der Waals surface area contributed by atoms with Crippen LogP contribution < -0.4 is 11.1 Å². The average Bonchev–Trinajstić information content (AvgIpc) is 2.48. The Hall–Kier alpha value is -0.570. The molecule has 1 fully saturated rings. The van der Waals surface area contributed by atoms with Gasteiger partial charge in [-0.2, -0.15) is 0 Å². The van der Waals surface area contributed by atoms with E-state index in [0.29, 0.717) is 19.0 Å². The summed E-state index contributed by atoms with van der Waals surface area (Å²) < 4.78 is 0. The summed E-state index contributed by atoms with van der Waals surface area (Å²) in [7, 11) is 0. The maximum absolute atomic E-state index is 11.7. The van der Waals surface area contributed by atoms with E-state index in [4.69, 9.17) is 5.73 Å². The lowest BCUT2D eigenvalue weighted by Gasteiger charge is -2.10. The van der Waals surface area contributed by atoms with Crippen LogP contribution in [0.15, 0.2) is 0 Å². The normalized spacial score (nSPS) is 24.7. The van der Waals surface area contributed by atoms with E-state index < -0.39 is 0 Å². The van der Waals surface area contributed by atoms with Crippen molar-refractivity contribution in [2.45, 2.75) is 47.1 Å². The number of hydrogen-bond acceptors (Lipinski definition) is 2. The maximum Gasteiger partial charge on any atom is 0.220 e. The fourth-order valence-corrected chi connectivity index (χ4v) is 2.18. The Morgan fingerprint density at radius 2 is 1.80 bits per heavy atom. The van der Waals surface area contributed by atoms with Gasteiger partial charge in [-0.3, -0.25) is 4.79 Å². The number of amides is 1. The van der Waals surface area contributed by atoms with Gasteiger partial charge in [-0.15, -0.1) is 0 Å². The van der Waals surface area contributed by atoms with E-state index in [2.05, 4.69) is 33.0 Å².